The molecular formula is C17H25NO3. The molecule has 1 aliphatic heterocycles. The van der Waals surface area contributed by atoms with Crippen LogP contribution in [0.1, 0.15) is 25.3 Å². The standard InChI is InChI=1S/C17H25NO3/c1-13(15-7-9-21-10-8-15)17(20)18-16(12-19)11-14-5-3-2-4-6-14/h2-6,13,15-16,19H,7-12H2,1H3,(H,18,20). The topological polar surface area (TPSA) is 58.6 Å². The van der Waals surface area contributed by atoms with Crippen molar-refractivity contribution in [2.24, 2.45) is 11.8 Å². The van der Waals surface area contributed by atoms with E-state index >= 15 is 0 Å². The number of amides is 1. The fraction of sp³-hybridized carbons (Fsp3) is 0.588. The summed E-state index contributed by atoms with van der Waals surface area (Å²) in [6, 6.07) is 9.70. The number of rotatable bonds is 6. The minimum atomic E-state index is -0.220. The summed E-state index contributed by atoms with van der Waals surface area (Å²) in [4.78, 5) is 12.3. The van der Waals surface area contributed by atoms with E-state index in [-0.39, 0.29) is 24.5 Å². The third-order valence-corrected chi connectivity index (χ3v) is 4.28. The highest BCUT2D eigenvalue weighted by Crippen LogP contribution is 2.23. The van der Waals surface area contributed by atoms with Crippen LogP contribution in [0.2, 0.25) is 0 Å². The lowest BCUT2D eigenvalue weighted by atomic mass is 9.86. The molecule has 0 saturated carbocycles. The van der Waals surface area contributed by atoms with Crippen molar-refractivity contribution >= 4 is 5.91 Å². The van der Waals surface area contributed by atoms with Crippen molar-refractivity contribution in [1.82, 2.24) is 5.32 Å². The van der Waals surface area contributed by atoms with Crippen LogP contribution in [0.5, 0.6) is 0 Å². The van der Waals surface area contributed by atoms with Crippen molar-refractivity contribution < 1.29 is 14.6 Å². The summed E-state index contributed by atoms with van der Waals surface area (Å²) >= 11 is 0. The van der Waals surface area contributed by atoms with E-state index in [4.69, 9.17) is 4.74 Å². The highest BCUT2D eigenvalue weighted by atomic mass is 16.5. The van der Waals surface area contributed by atoms with Gasteiger partial charge in [-0.15, -0.1) is 0 Å². The van der Waals surface area contributed by atoms with Crippen LogP contribution < -0.4 is 5.32 Å². The molecule has 0 aliphatic carbocycles. The van der Waals surface area contributed by atoms with Gasteiger partial charge in [0.25, 0.3) is 0 Å². The van der Waals surface area contributed by atoms with Gasteiger partial charge < -0.3 is 15.2 Å². The van der Waals surface area contributed by atoms with Crippen molar-refractivity contribution in [3.63, 3.8) is 0 Å². The molecule has 1 saturated heterocycles. The molecule has 1 fully saturated rings. The first-order valence-corrected chi connectivity index (χ1v) is 7.73. The summed E-state index contributed by atoms with van der Waals surface area (Å²) in [5, 5.41) is 12.5. The fourth-order valence-corrected chi connectivity index (χ4v) is 2.82. The van der Waals surface area contributed by atoms with Gasteiger partial charge in [-0.1, -0.05) is 37.3 Å². The van der Waals surface area contributed by atoms with Crippen molar-refractivity contribution in [1.29, 1.82) is 0 Å². The molecule has 4 heteroatoms. The van der Waals surface area contributed by atoms with Crippen LogP contribution in [0.25, 0.3) is 0 Å². The molecule has 0 bridgehead atoms. The molecule has 4 nitrogen and oxygen atoms in total. The molecular weight excluding hydrogens is 266 g/mol. The summed E-state index contributed by atoms with van der Waals surface area (Å²) in [5.41, 5.74) is 1.12. The Morgan fingerprint density at radius 3 is 2.62 bits per heavy atom. The van der Waals surface area contributed by atoms with E-state index in [1.165, 1.54) is 0 Å². The minimum Gasteiger partial charge on any atom is -0.394 e. The Morgan fingerprint density at radius 2 is 2.00 bits per heavy atom. The van der Waals surface area contributed by atoms with Crippen LogP contribution in [0, 0.1) is 11.8 Å². The summed E-state index contributed by atoms with van der Waals surface area (Å²) in [5.74, 6) is 0.394. The van der Waals surface area contributed by atoms with Crippen molar-refractivity contribution in [3.05, 3.63) is 35.9 Å². The van der Waals surface area contributed by atoms with E-state index in [2.05, 4.69) is 5.32 Å². The molecule has 1 heterocycles. The van der Waals surface area contributed by atoms with Crippen LogP contribution in [-0.2, 0) is 16.0 Å². The molecule has 2 unspecified atom stereocenters. The lowest BCUT2D eigenvalue weighted by Gasteiger charge is -2.28. The molecule has 21 heavy (non-hydrogen) atoms. The van der Waals surface area contributed by atoms with Crippen molar-refractivity contribution in [2.45, 2.75) is 32.2 Å². The zero-order valence-corrected chi connectivity index (χ0v) is 12.6. The Labute approximate surface area is 126 Å². The number of benzene rings is 1. The van der Waals surface area contributed by atoms with Gasteiger partial charge in [-0.05, 0) is 30.7 Å². The number of hydrogen-bond donors (Lipinski definition) is 2. The molecule has 0 radical (unpaired) electrons. The van der Waals surface area contributed by atoms with Gasteiger partial charge >= 0.3 is 0 Å². The van der Waals surface area contributed by atoms with Crippen molar-refractivity contribution in [3.8, 4) is 0 Å². The molecule has 1 amide bonds. The van der Waals surface area contributed by atoms with Crippen LogP contribution in [0.15, 0.2) is 30.3 Å². The predicted octanol–water partition coefficient (Wildman–Crippen LogP) is 1.77. The second-order valence-corrected chi connectivity index (χ2v) is 5.82. The van der Waals surface area contributed by atoms with Gasteiger partial charge in [0.1, 0.15) is 0 Å². The maximum Gasteiger partial charge on any atom is 0.223 e. The van der Waals surface area contributed by atoms with Gasteiger partial charge in [0.2, 0.25) is 5.91 Å². The highest BCUT2D eigenvalue weighted by Gasteiger charge is 2.27. The number of carbonyl (C=O) groups is 1. The maximum atomic E-state index is 12.3. The van der Waals surface area contributed by atoms with E-state index in [1.807, 2.05) is 37.3 Å². The summed E-state index contributed by atoms with van der Waals surface area (Å²) in [7, 11) is 0. The molecule has 2 N–H and O–H groups in total. The molecule has 0 aromatic heterocycles. The van der Waals surface area contributed by atoms with E-state index in [1.54, 1.807) is 0 Å². The van der Waals surface area contributed by atoms with Crippen LogP contribution >= 0.6 is 0 Å². The average Bonchev–Trinajstić information content (AvgIpc) is 2.55. The first kappa shape index (κ1) is 16.0. The third-order valence-electron chi connectivity index (χ3n) is 4.28. The Morgan fingerprint density at radius 1 is 1.33 bits per heavy atom. The molecule has 2 rings (SSSR count). The molecule has 0 spiro atoms. The molecule has 2 atom stereocenters. The maximum absolute atomic E-state index is 12.3. The van der Waals surface area contributed by atoms with Gasteiger partial charge in [0.15, 0.2) is 0 Å². The van der Waals surface area contributed by atoms with Crippen LogP contribution in [0.3, 0.4) is 0 Å². The lowest BCUT2D eigenvalue weighted by molar-refractivity contribution is -0.128. The normalized spacial score (nSPS) is 19.0. The summed E-state index contributed by atoms with van der Waals surface area (Å²) in [6.07, 6.45) is 2.54. The molecule has 1 aromatic rings. The van der Waals surface area contributed by atoms with E-state index in [0.29, 0.717) is 12.3 Å². The van der Waals surface area contributed by atoms with Crippen molar-refractivity contribution in [2.75, 3.05) is 19.8 Å². The Balaban J connectivity index is 1.86. The fourth-order valence-electron chi connectivity index (χ4n) is 2.82. The Bertz CT molecular complexity index is 429. The lowest BCUT2D eigenvalue weighted by Crippen LogP contribution is -2.44. The predicted molar refractivity (Wildman–Crippen MR) is 81.9 cm³/mol. The van der Waals surface area contributed by atoms with E-state index in [9.17, 15) is 9.90 Å². The highest BCUT2D eigenvalue weighted by molar-refractivity contribution is 5.79. The zero-order valence-electron chi connectivity index (χ0n) is 12.6. The number of hydrogen-bond acceptors (Lipinski definition) is 3. The largest absolute Gasteiger partial charge is 0.394 e. The Kier molecular flexibility index (Phi) is 6.21. The monoisotopic (exact) mass is 291 g/mol. The smallest absolute Gasteiger partial charge is 0.223 e. The third kappa shape index (κ3) is 4.83. The van der Waals surface area contributed by atoms with Gasteiger partial charge in [0.05, 0.1) is 12.6 Å². The average molecular weight is 291 g/mol. The molecule has 1 aliphatic rings. The first-order valence-electron chi connectivity index (χ1n) is 7.73. The number of nitrogens with one attached hydrogen (secondary N) is 1. The van der Waals surface area contributed by atoms with Gasteiger partial charge in [0, 0.05) is 19.1 Å². The summed E-state index contributed by atoms with van der Waals surface area (Å²) in [6.45, 7) is 3.43. The Hall–Kier alpha value is -1.39. The van der Waals surface area contributed by atoms with Gasteiger partial charge in [-0.2, -0.15) is 0 Å². The quantitative estimate of drug-likeness (QED) is 0.840. The van der Waals surface area contributed by atoms with Crippen LogP contribution in [-0.4, -0.2) is 36.9 Å². The van der Waals surface area contributed by atoms with Gasteiger partial charge in [-0.3, -0.25) is 4.79 Å². The first-order chi connectivity index (χ1) is 10.2. The van der Waals surface area contributed by atoms with E-state index < -0.39 is 0 Å². The number of aliphatic hydroxyl groups is 1. The minimum absolute atomic E-state index is 0.0290. The number of carbonyl (C=O) groups excluding carboxylic acids is 1. The van der Waals surface area contributed by atoms with Crippen LogP contribution in [0.4, 0.5) is 0 Å². The second kappa shape index (κ2) is 8.15. The van der Waals surface area contributed by atoms with E-state index in [0.717, 1.165) is 31.6 Å². The number of ether oxygens (including phenoxy) is 1. The zero-order chi connectivity index (χ0) is 15.1. The van der Waals surface area contributed by atoms with Gasteiger partial charge in [-0.25, -0.2) is 0 Å². The number of aliphatic hydroxyl groups excluding tert-OH is 1. The SMILES string of the molecule is CC(C(=O)NC(CO)Cc1ccccc1)C1CCOCC1. The second-order valence-electron chi connectivity index (χ2n) is 5.82. The molecule has 116 valence electrons. The molecule has 1 aromatic carbocycles. The summed E-state index contributed by atoms with van der Waals surface area (Å²) < 4.78 is 5.34.